The zero-order valence-corrected chi connectivity index (χ0v) is 9.45. The van der Waals surface area contributed by atoms with Gasteiger partial charge in [-0.05, 0) is 19.3 Å². The molecule has 2 atom stereocenters. The molecule has 0 amide bonds. The minimum absolute atomic E-state index is 0.127. The summed E-state index contributed by atoms with van der Waals surface area (Å²) in [6.07, 6.45) is 2.48. The Kier molecular flexibility index (Phi) is 7.48. The molecule has 0 radical (unpaired) electrons. The van der Waals surface area contributed by atoms with Gasteiger partial charge in [0.2, 0.25) is 0 Å². The van der Waals surface area contributed by atoms with Crippen LogP contribution < -0.4 is 0 Å². The summed E-state index contributed by atoms with van der Waals surface area (Å²) in [6, 6.07) is 0. The van der Waals surface area contributed by atoms with Gasteiger partial charge in [-0.3, -0.25) is 4.79 Å². The molecule has 3 nitrogen and oxygen atoms in total. The first-order chi connectivity index (χ1) is 6.60. The van der Waals surface area contributed by atoms with Crippen LogP contribution in [0.5, 0.6) is 0 Å². The van der Waals surface area contributed by atoms with E-state index in [1.807, 2.05) is 0 Å². The van der Waals surface area contributed by atoms with Crippen molar-refractivity contribution in [2.24, 2.45) is 5.92 Å². The lowest BCUT2D eigenvalue weighted by atomic mass is 9.97. The van der Waals surface area contributed by atoms with Gasteiger partial charge in [-0.2, -0.15) is 0 Å². The van der Waals surface area contributed by atoms with Gasteiger partial charge in [-0.1, -0.05) is 26.7 Å². The summed E-state index contributed by atoms with van der Waals surface area (Å²) >= 11 is 0. The molecule has 0 saturated carbocycles. The molecule has 0 fully saturated rings. The second-order valence-corrected chi connectivity index (χ2v) is 3.79. The van der Waals surface area contributed by atoms with Crippen LogP contribution in [0.1, 0.15) is 46.5 Å². The minimum atomic E-state index is -0.546. The molecule has 1 unspecified atom stereocenters. The molecular weight excluding hydrogens is 180 g/mol. The predicted octanol–water partition coefficient (Wildman–Crippen LogP) is 2.13. The van der Waals surface area contributed by atoms with Crippen LogP contribution in [0.3, 0.4) is 0 Å². The van der Waals surface area contributed by atoms with E-state index in [4.69, 9.17) is 4.74 Å². The monoisotopic (exact) mass is 202 g/mol. The molecular formula is C11H22O3. The van der Waals surface area contributed by atoms with E-state index < -0.39 is 6.10 Å². The maximum absolute atomic E-state index is 11.0. The van der Waals surface area contributed by atoms with E-state index in [0.29, 0.717) is 18.9 Å². The summed E-state index contributed by atoms with van der Waals surface area (Å²) in [4.78, 5) is 11.0. The first-order valence-corrected chi connectivity index (χ1v) is 5.43. The second kappa shape index (κ2) is 7.80. The van der Waals surface area contributed by atoms with Gasteiger partial charge in [0.25, 0.3) is 0 Å². The van der Waals surface area contributed by atoms with Gasteiger partial charge in [0, 0.05) is 0 Å². The summed E-state index contributed by atoms with van der Waals surface area (Å²) in [5.41, 5.74) is 0. The van der Waals surface area contributed by atoms with E-state index in [0.717, 1.165) is 12.8 Å². The molecule has 0 saturated heterocycles. The van der Waals surface area contributed by atoms with Crippen molar-refractivity contribution < 1.29 is 14.6 Å². The molecule has 0 aromatic rings. The molecule has 14 heavy (non-hydrogen) atoms. The number of carbonyl (C=O) groups excluding carboxylic acids is 1. The van der Waals surface area contributed by atoms with E-state index >= 15 is 0 Å². The Morgan fingerprint density at radius 3 is 2.57 bits per heavy atom. The Bertz CT molecular complexity index is 157. The summed E-state index contributed by atoms with van der Waals surface area (Å²) in [5, 5.41) is 9.54. The molecule has 0 rings (SSSR count). The number of aliphatic hydroxyl groups is 1. The van der Waals surface area contributed by atoms with Gasteiger partial charge >= 0.3 is 5.97 Å². The third-order valence-corrected chi connectivity index (χ3v) is 2.16. The Labute approximate surface area is 86.5 Å². The van der Waals surface area contributed by atoms with Crippen LogP contribution in [0.2, 0.25) is 0 Å². The van der Waals surface area contributed by atoms with Crippen molar-refractivity contribution in [1.82, 2.24) is 0 Å². The van der Waals surface area contributed by atoms with Crippen LogP contribution in [0, 0.1) is 5.92 Å². The first-order valence-electron chi connectivity index (χ1n) is 5.43. The smallest absolute Gasteiger partial charge is 0.308 e. The molecule has 0 aliphatic rings. The number of rotatable bonds is 7. The molecule has 0 spiro atoms. The zero-order valence-electron chi connectivity index (χ0n) is 9.45. The van der Waals surface area contributed by atoms with E-state index in [1.54, 1.807) is 6.92 Å². The van der Waals surface area contributed by atoms with Crippen molar-refractivity contribution in [3.05, 3.63) is 0 Å². The second-order valence-electron chi connectivity index (χ2n) is 3.79. The van der Waals surface area contributed by atoms with Crippen molar-refractivity contribution in [3.63, 3.8) is 0 Å². The first kappa shape index (κ1) is 13.4. The Balaban J connectivity index is 3.63. The highest BCUT2D eigenvalue weighted by Crippen LogP contribution is 2.14. The highest BCUT2D eigenvalue weighted by Gasteiger charge is 2.14. The van der Waals surface area contributed by atoms with Gasteiger partial charge < -0.3 is 9.84 Å². The van der Waals surface area contributed by atoms with Gasteiger partial charge in [0.1, 0.15) is 0 Å². The highest BCUT2D eigenvalue weighted by atomic mass is 16.5. The van der Waals surface area contributed by atoms with Crippen LogP contribution in [0.25, 0.3) is 0 Å². The van der Waals surface area contributed by atoms with Crippen LogP contribution in [-0.4, -0.2) is 23.8 Å². The number of carbonyl (C=O) groups is 1. The standard InChI is InChI=1S/C11H22O3/c1-4-6-9(3)7-10(12)8-11(13)14-5-2/h9-10,12H,4-8H2,1-3H3/t9-,10?/m1/s1. The van der Waals surface area contributed by atoms with Gasteiger partial charge in [0.15, 0.2) is 0 Å². The summed E-state index contributed by atoms with van der Waals surface area (Å²) < 4.78 is 4.76. The van der Waals surface area contributed by atoms with E-state index in [9.17, 15) is 9.90 Å². The molecule has 0 bridgehead atoms. The van der Waals surface area contributed by atoms with Gasteiger partial charge in [-0.15, -0.1) is 0 Å². The predicted molar refractivity (Wildman–Crippen MR) is 55.9 cm³/mol. The zero-order chi connectivity index (χ0) is 11.0. The number of aliphatic hydroxyl groups excluding tert-OH is 1. The lowest BCUT2D eigenvalue weighted by Gasteiger charge is -2.14. The van der Waals surface area contributed by atoms with Crippen molar-refractivity contribution >= 4 is 5.97 Å². The van der Waals surface area contributed by atoms with Gasteiger partial charge in [-0.25, -0.2) is 0 Å². The van der Waals surface area contributed by atoms with Crippen molar-refractivity contribution in [3.8, 4) is 0 Å². The summed E-state index contributed by atoms with van der Waals surface area (Å²) in [5.74, 6) is 0.174. The normalized spacial score (nSPS) is 14.9. The van der Waals surface area contributed by atoms with E-state index in [2.05, 4.69) is 13.8 Å². The fraction of sp³-hybridized carbons (Fsp3) is 0.909. The third kappa shape index (κ3) is 6.89. The quantitative estimate of drug-likeness (QED) is 0.643. The van der Waals surface area contributed by atoms with Crippen LogP contribution in [-0.2, 0) is 9.53 Å². The van der Waals surface area contributed by atoms with Crippen molar-refractivity contribution in [2.75, 3.05) is 6.61 Å². The molecule has 0 heterocycles. The summed E-state index contributed by atoms with van der Waals surface area (Å²) in [6.45, 7) is 6.37. The van der Waals surface area contributed by atoms with E-state index in [1.165, 1.54) is 0 Å². The van der Waals surface area contributed by atoms with Crippen LogP contribution >= 0.6 is 0 Å². The Morgan fingerprint density at radius 1 is 1.43 bits per heavy atom. The Hall–Kier alpha value is -0.570. The minimum Gasteiger partial charge on any atom is -0.466 e. The van der Waals surface area contributed by atoms with Crippen molar-refractivity contribution in [1.29, 1.82) is 0 Å². The number of hydrogen-bond donors (Lipinski definition) is 1. The highest BCUT2D eigenvalue weighted by molar-refractivity contribution is 5.69. The van der Waals surface area contributed by atoms with E-state index in [-0.39, 0.29) is 12.4 Å². The lowest BCUT2D eigenvalue weighted by molar-refractivity contribution is -0.145. The molecule has 0 aliphatic carbocycles. The molecule has 1 N–H and O–H groups in total. The molecule has 0 aromatic carbocycles. The topological polar surface area (TPSA) is 46.5 Å². The Morgan fingerprint density at radius 2 is 2.07 bits per heavy atom. The molecule has 0 aliphatic heterocycles. The fourth-order valence-corrected chi connectivity index (χ4v) is 1.57. The fourth-order valence-electron chi connectivity index (χ4n) is 1.57. The largest absolute Gasteiger partial charge is 0.466 e. The number of esters is 1. The molecule has 84 valence electrons. The third-order valence-electron chi connectivity index (χ3n) is 2.16. The number of hydrogen-bond acceptors (Lipinski definition) is 3. The SMILES string of the molecule is CCC[C@@H](C)CC(O)CC(=O)OCC. The maximum atomic E-state index is 11.0. The molecule has 0 aromatic heterocycles. The molecule has 3 heteroatoms. The lowest BCUT2D eigenvalue weighted by Crippen LogP contribution is -2.18. The van der Waals surface area contributed by atoms with Crippen molar-refractivity contribution in [2.45, 2.75) is 52.6 Å². The summed E-state index contributed by atoms with van der Waals surface area (Å²) in [7, 11) is 0. The maximum Gasteiger partial charge on any atom is 0.308 e. The number of ether oxygens (including phenoxy) is 1. The van der Waals surface area contributed by atoms with Crippen LogP contribution in [0.4, 0.5) is 0 Å². The average Bonchev–Trinajstić information content (AvgIpc) is 2.03. The van der Waals surface area contributed by atoms with Crippen LogP contribution in [0.15, 0.2) is 0 Å². The average molecular weight is 202 g/mol. The van der Waals surface area contributed by atoms with Gasteiger partial charge in [0.05, 0.1) is 19.1 Å².